The van der Waals surface area contributed by atoms with E-state index >= 15 is 0 Å². The molecule has 2 N–H and O–H groups in total. The van der Waals surface area contributed by atoms with Crippen LogP contribution in [0.5, 0.6) is 0 Å². The molecule has 2 aliphatic rings. The number of hydrogen-bond acceptors (Lipinski definition) is 3. The molecule has 1 aromatic carbocycles. The highest BCUT2D eigenvalue weighted by atomic mass is 79.9. The highest BCUT2D eigenvalue weighted by Crippen LogP contribution is 2.35. The van der Waals surface area contributed by atoms with Gasteiger partial charge in [-0.05, 0) is 48.9 Å². The van der Waals surface area contributed by atoms with Gasteiger partial charge in [0.1, 0.15) is 6.23 Å². The molecule has 0 radical (unpaired) electrons. The molecule has 3 rings (SSSR count). The molecule has 0 bridgehead atoms. The molecule has 1 unspecified atom stereocenters. The van der Waals surface area contributed by atoms with Crippen molar-refractivity contribution in [3.63, 3.8) is 0 Å². The average molecular weight is 325 g/mol. The van der Waals surface area contributed by atoms with Gasteiger partial charge in [0.15, 0.2) is 0 Å². The van der Waals surface area contributed by atoms with Gasteiger partial charge in [-0.2, -0.15) is 0 Å². The molecule has 1 aliphatic carbocycles. The number of fused-ring (bicyclic) bond motifs is 1. The van der Waals surface area contributed by atoms with Crippen LogP contribution in [-0.4, -0.2) is 16.7 Å². The molecule has 19 heavy (non-hydrogen) atoms. The molecular weight excluding hydrogens is 304 g/mol. The first-order valence-electron chi connectivity index (χ1n) is 7.12. The number of aryl methyl sites for hydroxylation is 1. The van der Waals surface area contributed by atoms with Gasteiger partial charge in [-0.1, -0.05) is 28.8 Å². The predicted molar refractivity (Wildman–Crippen MR) is 79.3 cm³/mol. The quantitative estimate of drug-likeness (QED) is 0.895. The monoisotopic (exact) mass is 324 g/mol. The van der Waals surface area contributed by atoms with Crippen LogP contribution in [0.4, 0.5) is 0 Å². The lowest BCUT2D eigenvalue weighted by Crippen LogP contribution is -2.39. The fourth-order valence-electron chi connectivity index (χ4n) is 3.35. The van der Waals surface area contributed by atoms with E-state index in [1.165, 1.54) is 31.2 Å². The molecule has 3 nitrogen and oxygen atoms in total. The fraction of sp³-hybridized carbons (Fsp3) is 0.600. The summed E-state index contributed by atoms with van der Waals surface area (Å²) in [4.78, 5) is 0. The highest BCUT2D eigenvalue weighted by molar-refractivity contribution is 9.10. The van der Waals surface area contributed by atoms with E-state index < -0.39 is 6.23 Å². The molecule has 0 saturated heterocycles. The maximum atomic E-state index is 10.4. The lowest BCUT2D eigenvalue weighted by atomic mass is 10.0. The Kier molecular flexibility index (Phi) is 3.94. The van der Waals surface area contributed by atoms with Crippen molar-refractivity contribution in [3.05, 3.63) is 33.3 Å². The van der Waals surface area contributed by atoms with E-state index in [4.69, 9.17) is 0 Å². The zero-order valence-electron chi connectivity index (χ0n) is 11.3. The molecular formula is C15H21BrN2O. The maximum Gasteiger partial charge on any atom is 0.146 e. The van der Waals surface area contributed by atoms with Crippen LogP contribution >= 0.6 is 15.9 Å². The third-order valence-corrected chi connectivity index (χ3v) is 4.85. The largest absolute Gasteiger partial charge is 0.373 e. The zero-order valence-corrected chi connectivity index (χ0v) is 12.9. The third kappa shape index (κ3) is 2.72. The summed E-state index contributed by atoms with van der Waals surface area (Å²) in [5.74, 6) is 0.781. The Morgan fingerprint density at radius 1 is 1.37 bits per heavy atom. The number of nitrogens with zero attached hydrogens (tertiary/aromatic N) is 1. The summed E-state index contributed by atoms with van der Waals surface area (Å²) in [7, 11) is 0. The molecule has 4 heteroatoms. The molecule has 0 spiro atoms. The summed E-state index contributed by atoms with van der Waals surface area (Å²) < 4.78 is 1.09. The summed E-state index contributed by atoms with van der Waals surface area (Å²) in [6.45, 7) is 3.84. The van der Waals surface area contributed by atoms with Crippen molar-refractivity contribution in [1.29, 1.82) is 0 Å². The number of rotatable bonds is 3. The van der Waals surface area contributed by atoms with Gasteiger partial charge in [-0.15, -0.1) is 0 Å². The predicted octanol–water partition coefficient (Wildman–Crippen LogP) is 3.26. The normalized spacial score (nSPS) is 24.1. The second-order valence-corrected chi connectivity index (χ2v) is 6.73. The van der Waals surface area contributed by atoms with Crippen LogP contribution in [0, 0.1) is 12.8 Å². The van der Waals surface area contributed by atoms with Crippen LogP contribution in [0.3, 0.4) is 0 Å². The Balaban J connectivity index is 1.68. The summed E-state index contributed by atoms with van der Waals surface area (Å²) in [6.07, 6.45) is 4.87. The van der Waals surface area contributed by atoms with Crippen molar-refractivity contribution in [2.24, 2.45) is 5.92 Å². The molecule has 1 fully saturated rings. The van der Waals surface area contributed by atoms with Gasteiger partial charge in [0.2, 0.25) is 0 Å². The summed E-state index contributed by atoms with van der Waals surface area (Å²) in [5.41, 5.74) is 6.88. The number of hydrogen-bond donors (Lipinski definition) is 2. The smallest absolute Gasteiger partial charge is 0.146 e. The number of halogens is 1. The van der Waals surface area contributed by atoms with Crippen LogP contribution in [0.2, 0.25) is 0 Å². The number of hydrazine groups is 1. The van der Waals surface area contributed by atoms with Crippen LogP contribution in [0.25, 0.3) is 0 Å². The lowest BCUT2D eigenvalue weighted by Gasteiger charge is -2.23. The minimum Gasteiger partial charge on any atom is -0.373 e. The van der Waals surface area contributed by atoms with E-state index in [0.29, 0.717) is 0 Å². The van der Waals surface area contributed by atoms with Gasteiger partial charge in [0, 0.05) is 23.1 Å². The van der Waals surface area contributed by atoms with Crippen LogP contribution in [0.15, 0.2) is 16.6 Å². The number of benzene rings is 1. The van der Waals surface area contributed by atoms with Crippen molar-refractivity contribution >= 4 is 15.9 Å². The average Bonchev–Trinajstić information content (AvgIpc) is 2.95. The van der Waals surface area contributed by atoms with E-state index in [9.17, 15) is 5.11 Å². The minimum atomic E-state index is -0.510. The van der Waals surface area contributed by atoms with E-state index in [1.807, 2.05) is 5.01 Å². The number of aliphatic hydroxyl groups is 1. The Morgan fingerprint density at radius 2 is 2.11 bits per heavy atom. The second kappa shape index (κ2) is 5.52. The van der Waals surface area contributed by atoms with Gasteiger partial charge >= 0.3 is 0 Å². The molecule has 1 saturated carbocycles. The molecule has 1 aliphatic heterocycles. The number of aliphatic hydroxyl groups excluding tert-OH is 1. The van der Waals surface area contributed by atoms with Crippen molar-refractivity contribution in [1.82, 2.24) is 10.4 Å². The van der Waals surface area contributed by atoms with E-state index in [-0.39, 0.29) is 0 Å². The zero-order chi connectivity index (χ0) is 13.4. The van der Waals surface area contributed by atoms with Crippen LogP contribution < -0.4 is 5.43 Å². The number of nitrogens with one attached hydrogen (secondary N) is 1. The minimum absolute atomic E-state index is 0.510. The van der Waals surface area contributed by atoms with E-state index in [2.05, 4.69) is 40.4 Å². The molecule has 1 atom stereocenters. The standard InChI is InChI=1S/C15H21BrN2O/c1-10-6-13(16)7-12-9-18(15(19)14(10)12)17-8-11-4-2-3-5-11/h6-7,11,15,17,19H,2-5,8-9H2,1H3. The van der Waals surface area contributed by atoms with Crippen molar-refractivity contribution in [2.75, 3.05) is 6.54 Å². The maximum absolute atomic E-state index is 10.4. The van der Waals surface area contributed by atoms with Crippen molar-refractivity contribution in [3.8, 4) is 0 Å². The van der Waals surface area contributed by atoms with Gasteiger partial charge in [0.25, 0.3) is 0 Å². The van der Waals surface area contributed by atoms with Crippen molar-refractivity contribution in [2.45, 2.75) is 45.4 Å². The molecule has 1 aromatic rings. The molecule has 0 aromatic heterocycles. The van der Waals surface area contributed by atoms with Gasteiger partial charge in [-0.25, -0.2) is 5.01 Å². The summed E-state index contributed by atoms with van der Waals surface area (Å²) in [5, 5.41) is 12.4. The molecule has 0 amide bonds. The Morgan fingerprint density at radius 3 is 2.84 bits per heavy atom. The van der Waals surface area contributed by atoms with Crippen molar-refractivity contribution < 1.29 is 5.11 Å². The van der Waals surface area contributed by atoms with Crippen LogP contribution in [0.1, 0.15) is 48.6 Å². The molecule has 1 heterocycles. The van der Waals surface area contributed by atoms with E-state index in [0.717, 1.165) is 34.6 Å². The van der Waals surface area contributed by atoms with Gasteiger partial charge in [-0.3, -0.25) is 5.43 Å². The first kappa shape index (κ1) is 13.6. The van der Waals surface area contributed by atoms with E-state index in [1.54, 1.807) is 0 Å². The van der Waals surface area contributed by atoms with Gasteiger partial charge < -0.3 is 5.11 Å². The Bertz CT molecular complexity index is 471. The highest BCUT2D eigenvalue weighted by Gasteiger charge is 2.30. The first-order chi connectivity index (χ1) is 9.15. The summed E-state index contributed by atoms with van der Waals surface area (Å²) in [6, 6.07) is 4.19. The van der Waals surface area contributed by atoms with Crippen LogP contribution in [-0.2, 0) is 6.54 Å². The summed E-state index contributed by atoms with van der Waals surface area (Å²) >= 11 is 3.53. The fourth-order valence-corrected chi connectivity index (χ4v) is 3.97. The molecule has 104 valence electrons. The SMILES string of the molecule is Cc1cc(Br)cc2c1C(O)N(NCC1CCCC1)C2. The first-order valence-corrected chi connectivity index (χ1v) is 7.91. The Labute approximate surface area is 123 Å². The van der Waals surface area contributed by atoms with Gasteiger partial charge in [0.05, 0.1) is 0 Å². The lowest BCUT2D eigenvalue weighted by molar-refractivity contribution is -0.0273. The second-order valence-electron chi connectivity index (χ2n) is 5.81. The topological polar surface area (TPSA) is 35.5 Å². The Hall–Kier alpha value is -0.420. The third-order valence-electron chi connectivity index (χ3n) is 4.39.